The number of esters is 1. The summed E-state index contributed by atoms with van der Waals surface area (Å²) in [5.41, 5.74) is -0.513. The summed E-state index contributed by atoms with van der Waals surface area (Å²) in [5.74, 6) is -0.590. The fraction of sp³-hybridized carbons (Fsp3) is 0.579. The van der Waals surface area contributed by atoms with Crippen molar-refractivity contribution in [2.45, 2.75) is 71.6 Å². The first kappa shape index (κ1) is 22.4. The Balaban J connectivity index is 2.83. The van der Waals surface area contributed by atoms with E-state index in [-0.39, 0.29) is 11.3 Å². The number of nitrogens with one attached hydrogen (secondary N) is 1. The zero-order chi connectivity index (χ0) is 20.6. The van der Waals surface area contributed by atoms with Crippen molar-refractivity contribution in [3.63, 3.8) is 0 Å². The number of non-ortho nitro benzene ring substituents is 1. The lowest BCUT2D eigenvalue weighted by Crippen LogP contribution is -2.46. The van der Waals surface area contributed by atoms with Crippen LogP contribution in [-0.4, -0.2) is 34.7 Å². The molecule has 2 unspecified atom stereocenters. The quantitative estimate of drug-likeness (QED) is 0.411. The zero-order valence-electron chi connectivity index (χ0n) is 16.5. The van der Waals surface area contributed by atoms with E-state index in [0.29, 0.717) is 12.8 Å². The highest BCUT2D eigenvalue weighted by Crippen LogP contribution is 2.17. The molecule has 27 heavy (non-hydrogen) atoms. The molecule has 0 heterocycles. The standard InChI is InChI=1S/C19H28N2O6/c1-6-8-16(15(7-2)20-18(23)27-19(3,4)5)26-17(22)13-9-11-14(12-10-13)21(24)25/h9-12,15-16H,6-8H2,1-5H3,(H,20,23). The summed E-state index contributed by atoms with van der Waals surface area (Å²) >= 11 is 0. The van der Waals surface area contributed by atoms with Crippen LogP contribution in [0.3, 0.4) is 0 Å². The van der Waals surface area contributed by atoms with Crippen LogP contribution in [0.1, 0.15) is 64.2 Å². The van der Waals surface area contributed by atoms with Crippen molar-refractivity contribution in [2.75, 3.05) is 0 Å². The Morgan fingerprint density at radius 2 is 1.78 bits per heavy atom. The second kappa shape index (κ2) is 9.89. The lowest BCUT2D eigenvalue weighted by molar-refractivity contribution is -0.384. The Labute approximate surface area is 159 Å². The molecule has 0 radical (unpaired) electrons. The molecule has 0 aliphatic heterocycles. The normalized spacial score (nSPS) is 13.4. The number of ether oxygens (including phenoxy) is 2. The summed E-state index contributed by atoms with van der Waals surface area (Å²) in [6.07, 6.45) is 0.770. The summed E-state index contributed by atoms with van der Waals surface area (Å²) in [6, 6.07) is 4.81. The van der Waals surface area contributed by atoms with Crippen molar-refractivity contribution in [3.05, 3.63) is 39.9 Å². The highest BCUT2D eigenvalue weighted by molar-refractivity contribution is 5.89. The van der Waals surface area contributed by atoms with Crippen LogP contribution in [0.4, 0.5) is 10.5 Å². The van der Waals surface area contributed by atoms with Gasteiger partial charge in [0.2, 0.25) is 0 Å². The Kier molecular flexibility index (Phi) is 8.21. The van der Waals surface area contributed by atoms with Crippen molar-refractivity contribution < 1.29 is 24.0 Å². The molecule has 2 atom stereocenters. The van der Waals surface area contributed by atoms with Gasteiger partial charge in [-0.1, -0.05) is 20.3 Å². The maximum atomic E-state index is 12.4. The summed E-state index contributed by atoms with van der Waals surface area (Å²) in [5, 5.41) is 13.5. The van der Waals surface area contributed by atoms with Crippen LogP contribution in [0.5, 0.6) is 0 Å². The molecule has 1 amide bonds. The zero-order valence-corrected chi connectivity index (χ0v) is 16.5. The smallest absolute Gasteiger partial charge is 0.408 e. The van der Waals surface area contributed by atoms with Gasteiger partial charge in [0.25, 0.3) is 5.69 Å². The monoisotopic (exact) mass is 380 g/mol. The van der Waals surface area contributed by atoms with Gasteiger partial charge >= 0.3 is 12.1 Å². The van der Waals surface area contributed by atoms with Crippen LogP contribution in [-0.2, 0) is 9.47 Å². The Morgan fingerprint density at radius 1 is 1.19 bits per heavy atom. The third kappa shape index (κ3) is 7.64. The van der Waals surface area contributed by atoms with Gasteiger partial charge in [0.1, 0.15) is 11.7 Å². The molecule has 0 aliphatic carbocycles. The van der Waals surface area contributed by atoms with Gasteiger partial charge in [-0.05, 0) is 45.7 Å². The maximum absolute atomic E-state index is 12.4. The van der Waals surface area contributed by atoms with E-state index < -0.39 is 34.7 Å². The molecule has 1 aromatic rings. The third-order valence-corrected chi connectivity index (χ3v) is 3.74. The summed E-state index contributed by atoms with van der Waals surface area (Å²) in [4.78, 5) is 34.6. The predicted octanol–water partition coefficient (Wildman–Crippen LogP) is 4.22. The molecule has 0 bridgehead atoms. The number of nitro groups is 1. The van der Waals surface area contributed by atoms with Gasteiger partial charge in [-0.3, -0.25) is 10.1 Å². The number of carbonyl (C=O) groups is 2. The van der Waals surface area contributed by atoms with Gasteiger partial charge in [0.15, 0.2) is 0 Å². The number of nitrogens with zero attached hydrogens (tertiary/aromatic N) is 1. The van der Waals surface area contributed by atoms with Gasteiger partial charge in [-0.2, -0.15) is 0 Å². The molecule has 0 aliphatic rings. The fourth-order valence-corrected chi connectivity index (χ4v) is 2.47. The van der Waals surface area contributed by atoms with Crippen molar-refractivity contribution in [1.82, 2.24) is 5.32 Å². The molecule has 0 saturated carbocycles. The summed E-state index contributed by atoms with van der Waals surface area (Å²) in [7, 11) is 0. The number of hydrogen-bond donors (Lipinski definition) is 1. The molecule has 1 N–H and O–H groups in total. The highest BCUT2D eigenvalue weighted by Gasteiger charge is 2.27. The van der Waals surface area contributed by atoms with Gasteiger partial charge in [-0.15, -0.1) is 0 Å². The van der Waals surface area contributed by atoms with E-state index in [1.807, 2.05) is 13.8 Å². The Bertz CT molecular complexity index is 651. The molecule has 0 spiro atoms. The number of alkyl carbamates (subject to hydrolysis) is 1. The SMILES string of the molecule is CCCC(OC(=O)c1ccc([N+](=O)[O-])cc1)C(CC)NC(=O)OC(C)(C)C. The summed E-state index contributed by atoms with van der Waals surface area (Å²) in [6.45, 7) is 9.14. The van der Waals surface area contributed by atoms with Crippen molar-refractivity contribution >= 4 is 17.7 Å². The highest BCUT2D eigenvalue weighted by atomic mass is 16.6. The third-order valence-electron chi connectivity index (χ3n) is 3.74. The molecular weight excluding hydrogens is 352 g/mol. The second-order valence-corrected chi connectivity index (χ2v) is 7.20. The molecule has 0 saturated heterocycles. The molecule has 150 valence electrons. The first-order chi connectivity index (χ1) is 12.6. The van der Waals surface area contributed by atoms with Crippen LogP contribution >= 0.6 is 0 Å². The molecule has 8 nitrogen and oxygen atoms in total. The van der Waals surface area contributed by atoms with Crippen LogP contribution < -0.4 is 5.32 Å². The Morgan fingerprint density at radius 3 is 2.22 bits per heavy atom. The topological polar surface area (TPSA) is 108 Å². The fourth-order valence-electron chi connectivity index (χ4n) is 2.47. The Hall–Kier alpha value is -2.64. The minimum absolute atomic E-state index is 0.102. The predicted molar refractivity (Wildman–Crippen MR) is 101 cm³/mol. The van der Waals surface area contributed by atoms with E-state index in [4.69, 9.17) is 9.47 Å². The van der Waals surface area contributed by atoms with E-state index in [9.17, 15) is 19.7 Å². The number of carbonyl (C=O) groups excluding carboxylic acids is 2. The largest absolute Gasteiger partial charge is 0.457 e. The number of rotatable bonds is 8. The van der Waals surface area contributed by atoms with E-state index in [1.54, 1.807) is 20.8 Å². The maximum Gasteiger partial charge on any atom is 0.408 e. The van der Waals surface area contributed by atoms with Crippen molar-refractivity contribution in [1.29, 1.82) is 0 Å². The first-order valence-corrected chi connectivity index (χ1v) is 9.02. The average molecular weight is 380 g/mol. The van der Waals surface area contributed by atoms with E-state index in [2.05, 4.69) is 5.32 Å². The van der Waals surface area contributed by atoms with E-state index in [0.717, 1.165) is 6.42 Å². The molecule has 8 heteroatoms. The number of benzene rings is 1. The van der Waals surface area contributed by atoms with Gasteiger partial charge < -0.3 is 14.8 Å². The number of nitro benzene ring substituents is 1. The molecular formula is C19H28N2O6. The van der Waals surface area contributed by atoms with Gasteiger partial charge in [-0.25, -0.2) is 9.59 Å². The molecule has 0 fully saturated rings. The number of hydrogen-bond acceptors (Lipinski definition) is 6. The molecule has 0 aromatic heterocycles. The lowest BCUT2D eigenvalue weighted by Gasteiger charge is -2.28. The molecule has 1 rings (SSSR count). The van der Waals surface area contributed by atoms with E-state index in [1.165, 1.54) is 24.3 Å². The van der Waals surface area contributed by atoms with Crippen molar-refractivity contribution in [3.8, 4) is 0 Å². The first-order valence-electron chi connectivity index (χ1n) is 9.02. The average Bonchev–Trinajstić information content (AvgIpc) is 2.57. The van der Waals surface area contributed by atoms with Crippen molar-refractivity contribution in [2.24, 2.45) is 0 Å². The lowest BCUT2D eigenvalue weighted by atomic mass is 10.0. The number of amides is 1. The van der Waals surface area contributed by atoms with E-state index >= 15 is 0 Å². The summed E-state index contributed by atoms with van der Waals surface area (Å²) < 4.78 is 10.9. The van der Waals surface area contributed by atoms with Crippen LogP contribution in [0.2, 0.25) is 0 Å². The van der Waals surface area contributed by atoms with Crippen LogP contribution in [0, 0.1) is 10.1 Å². The van der Waals surface area contributed by atoms with Gasteiger partial charge in [0.05, 0.1) is 16.5 Å². The molecule has 1 aromatic carbocycles. The second-order valence-electron chi connectivity index (χ2n) is 7.20. The minimum atomic E-state index is -0.627. The van der Waals surface area contributed by atoms with Gasteiger partial charge in [0, 0.05) is 12.1 Å². The minimum Gasteiger partial charge on any atom is -0.457 e. The van der Waals surface area contributed by atoms with Crippen LogP contribution in [0.15, 0.2) is 24.3 Å². The van der Waals surface area contributed by atoms with Crippen LogP contribution in [0.25, 0.3) is 0 Å².